The number of hydrogen-bond acceptors (Lipinski definition) is 10. The summed E-state index contributed by atoms with van der Waals surface area (Å²) in [4.78, 5) is 61.4. The van der Waals surface area contributed by atoms with Gasteiger partial charge in [0.1, 0.15) is 11.5 Å². The molecule has 0 saturated carbocycles. The van der Waals surface area contributed by atoms with Crippen LogP contribution in [-0.2, 0) is 19.1 Å². The molecule has 39 heavy (non-hydrogen) atoms. The summed E-state index contributed by atoms with van der Waals surface area (Å²) in [6.07, 6.45) is -4.52. The summed E-state index contributed by atoms with van der Waals surface area (Å²) in [5.41, 5.74) is -0.653. The average molecular weight is 538 g/mol. The zero-order chi connectivity index (χ0) is 28.5. The summed E-state index contributed by atoms with van der Waals surface area (Å²) in [5, 5.41) is 23.2. The number of ether oxygens (including phenoxy) is 4. The molecule has 2 atom stereocenters. The van der Waals surface area contributed by atoms with E-state index >= 15 is 0 Å². The molecule has 0 aromatic heterocycles. The number of methoxy groups -OCH3 is 2. The van der Waals surface area contributed by atoms with Crippen LogP contribution in [0.2, 0.25) is 0 Å². The van der Waals surface area contributed by atoms with Crippen LogP contribution < -0.4 is 14.8 Å². The van der Waals surface area contributed by atoms with E-state index in [1.165, 1.54) is 74.9 Å². The minimum Gasteiger partial charge on any atom is -0.497 e. The smallest absolute Gasteiger partial charge is 0.349 e. The van der Waals surface area contributed by atoms with E-state index < -0.39 is 40.9 Å². The first-order valence-electron chi connectivity index (χ1n) is 11.1. The number of amides is 1. The molecule has 0 fully saturated rings. The summed E-state index contributed by atoms with van der Waals surface area (Å²) in [7, 11) is 2.72. The van der Waals surface area contributed by atoms with Crippen molar-refractivity contribution in [1.29, 1.82) is 0 Å². The lowest BCUT2D eigenvalue weighted by atomic mass is 10.1. The van der Waals surface area contributed by atoms with E-state index in [9.17, 15) is 34.4 Å². The highest BCUT2D eigenvalue weighted by atomic mass is 16.6. The van der Waals surface area contributed by atoms with E-state index in [0.717, 1.165) is 6.07 Å². The van der Waals surface area contributed by atoms with Gasteiger partial charge in [-0.05, 0) is 42.5 Å². The van der Waals surface area contributed by atoms with Crippen LogP contribution in [0, 0.1) is 10.1 Å². The molecule has 1 amide bonds. The molecule has 13 heteroatoms. The topological polar surface area (TPSA) is 181 Å². The minimum atomic E-state index is -2.31. The van der Waals surface area contributed by atoms with Crippen molar-refractivity contribution >= 4 is 35.2 Å². The van der Waals surface area contributed by atoms with Gasteiger partial charge in [-0.15, -0.1) is 0 Å². The highest BCUT2D eigenvalue weighted by Gasteiger charge is 2.41. The number of rotatable bonds is 11. The molecule has 3 aromatic carbocycles. The molecule has 2 N–H and O–H groups in total. The van der Waals surface area contributed by atoms with Crippen molar-refractivity contribution in [2.24, 2.45) is 0 Å². The SMILES string of the molecule is COc1cccc(C(=O)O[C@H](C(=O)Nc2cccc([N+](=O)[O-])c2)[C@@H](OC(=O)c2cccc(OC)c2)C(=O)O)c1. The number of nitro groups is 1. The number of carbonyl (C=O) groups is 4. The molecule has 13 nitrogen and oxygen atoms in total. The van der Waals surface area contributed by atoms with Gasteiger partial charge in [0.2, 0.25) is 12.2 Å². The second-order valence-electron chi connectivity index (χ2n) is 7.75. The summed E-state index contributed by atoms with van der Waals surface area (Å²) in [5.74, 6) is -4.74. The molecule has 0 radical (unpaired) electrons. The molecule has 0 bridgehead atoms. The normalized spacial score (nSPS) is 11.8. The van der Waals surface area contributed by atoms with Crippen molar-refractivity contribution in [3.63, 3.8) is 0 Å². The summed E-state index contributed by atoms with van der Waals surface area (Å²) >= 11 is 0. The Morgan fingerprint density at radius 1 is 0.795 bits per heavy atom. The molecule has 0 aliphatic heterocycles. The van der Waals surface area contributed by atoms with Crippen molar-refractivity contribution < 1.29 is 48.2 Å². The van der Waals surface area contributed by atoms with E-state index in [1.54, 1.807) is 6.07 Å². The molecule has 0 spiro atoms. The van der Waals surface area contributed by atoms with Gasteiger partial charge in [-0.25, -0.2) is 14.4 Å². The zero-order valence-electron chi connectivity index (χ0n) is 20.6. The van der Waals surface area contributed by atoms with E-state index in [4.69, 9.17) is 18.9 Å². The maximum absolute atomic E-state index is 13.2. The molecular weight excluding hydrogens is 516 g/mol. The van der Waals surface area contributed by atoms with Crippen molar-refractivity contribution in [3.8, 4) is 11.5 Å². The first kappa shape index (κ1) is 28.1. The number of aliphatic carboxylic acids is 1. The molecular formula is C26H22N2O11. The van der Waals surface area contributed by atoms with E-state index in [1.807, 2.05) is 0 Å². The maximum atomic E-state index is 13.2. The standard InChI is InChI=1S/C26H22N2O11/c1-36-19-10-3-6-15(12-19)25(32)38-21(23(29)27-17-8-5-9-18(14-17)28(34)35)22(24(30)31)39-26(33)16-7-4-11-20(13-16)37-2/h3-14,21-22H,1-2H3,(H,27,29)(H,30,31)/t21-,22+/m0/s1. The van der Waals surface area contributed by atoms with Crippen LogP contribution in [0.25, 0.3) is 0 Å². The van der Waals surface area contributed by atoms with E-state index in [-0.39, 0.29) is 34.0 Å². The molecule has 3 aromatic rings. The maximum Gasteiger partial charge on any atom is 0.349 e. The van der Waals surface area contributed by atoms with Gasteiger partial charge < -0.3 is 29.4 Å². The number of nitrogens with one attached hydrogen (secondary N) is 1. The molecule has 0 saturated heterocycles. The molecule has 0 heterocycles. The van der Waals surface area contributed by atoms with Crippen molar-refractivity contribution in [1.82, 2.24) is 0 Å². The lowest BCUT2D eigenvalue weighted by Gasteiger charge is -2.23. The van der Waals surface area contributed by atoms with Crippen LogP contribution in [0.5, 0.6) is 11.5 Å². The van der Waals surface area contributed by atoms with Gasteiger partial charge >= 0.3 is 17.9 Å². The molecule has 0 unspecified atom stereocenters. The highest BCUT2D eigenvalue weighted by molar-refractivity contribution is 6.01. The Labute approximate surface area is 221 Å². The number of benzene rings is 3. The number of esters is 2. The number of carboxylic acids is 1. The average Bonchev–Trinajstić information content (AvgIpc) is 2.94. The Kier molecular flexibility index (Phi) is 9.14. The van der Waals surface area contributed by atoms with E-state index in [0.29, 0.717) is 0 Å². The fourth-order valence-electron chi connectivity index (χ4n) is 3.27. The van der Waals surface area contributed by atoms with Gasteiger partial charge in [0.15, 0.2) is 0 Å². The van der Waals surface area contributed by atoms with Gasteiger partial charge in [0, 0.05) is 17.8 Å². The van der Waals surface area contributed by atoms with Crippen molar-refractivity contribution in [2.75, 3.05) is 19.5 Å². The van der Waals surface area contributed by atoms with Crippen LogP contribution in [-0.4, -0.2) is 60.3 Å². The van der Waals surface area contributed by atoms with E-state index in [2.05, 4.69) is 5.32 Å². The van der Waals surface area contributed by atoms with Crippen molar-refractivity contribution in [3.05, 3.63) is 94.0 Å². The van der Waals surface area contributed by atoms with Gasteiger partial charge in [-0.3, -0.25) is 14.9 Å². The monoisotopic (exact) mass is 538 g/mol. The van der Waals surface area contributed by atoms with Crippen LogP contribution in [0.15, 0.2) is 72.8 Å². The fraction of sp³-hybridized carbons (Fsp3) is 0.154. The fourth-order valence-corrected chi connectivity index (χ4v) is 3.27. The molecule has 3 rings (SSSR count). The Morgan fingerprint density at radius 3 is 1.79 bits per heavy atom. The molecule has 0 aliphatic carbocycles. The number of hydrogen-bond donors (Lipinski definition) is 2. The van der Waals surface area contributed by atoms with Crippen LogP contribution >= 0.6 is 0 Å². The number of anilines is 1. The Morgan fingerprint density at radius 2 is 1.31 bits per heavy atom. The number of nitrogens with zero attached hydrogens (tertiary/aromatic N) is 1. The third-order valence-corrected chi connectivity index (χ3v) is 5.18. The van der Waals surface area contributed by atoms with Crippen LogP contribution in [0.1, 0.15) is 20.7 Å². The second-order valence-corrected chi connectivity index (χ2v) is 7.75. The Hall–Kier alpha value is -5.46. The number of nitro benzene ring substituents is 1. The van der Waals surface area contributed by atoms with Crippen molar-refractivity contribution in [2.45, 2.75) is 12.2 Å². The highest BCUT2D eigenvalue weighted by Crippen LogP contribution is 2.21. The number of carbonyl (C=O) groups excluding carboxylic acids is 3. The van der Waals surface area contributed by atoms with Gasteiger partial charge in [-0.2, -0.15) is 0 Å². The largest absolute Gasteiger partial charge is 0.497 e. The van der Waals surface area contributed by atoms with Gasteiger partial charge in [0.05, 0.1) is 30.3 Å². The number of carboxylic acid groups (broad SMARTS) is 1. The summed E-state index contributed by atoms with van der Waals surface area (Å²) < 4.78 is 20.4. The first-order chi connectivity index (χ1) is 18.6. The number of non-ortho nitro benzene ring substituents is 1. The van der Waals surface area contributed by atoms with Crippen LogP contribution in [0.3, 0.4) is 0 Å². The molecule has 202 valence electrons. The summed E-state index contributed by atoms with van der Waals surface area (Å²) in [6.45, 7) is 0. The first-order valence-corrected chi connectivity index (χ1v) is 11.1. The lowest BCUT2D eigenvalue weighted by molar-refractivity contribution is -0.384. The Bertz CT molecular complexity index is 1410. The molecule has 0 aliphatic rings. The quantitative estimate of drug-likeness (QED) is 0.208. The lowest BCUT2D eigenvalue weighted by Crippen LogP contribution is -2.48. The second kappa shape index (κ2) is 12.7. The minimum absolute atomic E-state index is 0.0919. The summed E-state index contributed by atoms with van der Waals surface area (Å²) in [6, 6.07) is 16.0. The van der Waals surface area contributed by atoms with Gasteiger partial charge in [-0.1, -0.05) is 18.2 Å². The predicted octanol–water partition coefficient (Wildman–Crippen LogP) is 3.09. The third kappa shape index (κ3) is 7.29. The Balaban J connectivity index is 1.95. The van der Waals surface area contributed by atoms with Gasteiger partial charge in [0.25, 0.3) is 11.6 Å². The van der Waals surface area contributed by atoms with Crippen LogP contribution in [0.4, 0.5) is 11.4 Å². The third-order valence-electron chi connectivity index (χ3n) is 5.18. The predicted molar refractivity (Wildman–Crippen MR) is 134 cm³/mol. The zero-order valence-corrected chi connectivity index (χ0v) is 20.6.